The van der Waals surface area contributed by atoms with Crippen molar-refractivity contribution in [1.82, 2.24) is 49.9 Å². The van der Waals surface area contributed by atoms with Crippen LogP contribution in [0.15, 0.2) is 22.2 Å². The summed E-state index contributed by atoms with van der Waals surface area (Å²) in [5, 5.41) is 31.1. The number of hydrogen-bond acceptors (Lipinski definition) is 15. The summed E-state index contributed by atoms with van der Waals surface area (Å²) in [5.41, 5.74) is 16.8. The molecule has 0 unspecified atom stereocenters. The van der Waals surface area contributed by atoms with E-state index >= 15 is 0 Å². The summed E-state index contributed by atoms with van der Waals surface area (Å²) in [5.74, 6) is -0.192. The van der Waals surface area contributed by atoms with Gasteiger partial charge in [0.15, 0.2) is 28.6 Å². The van der Waals surface area contributed by atoms with Crippen LogP contribution in [0.4, 0.5) is 11.9 Å². The molecule has 7 atom stereocenters. The topological polar surface area (TPSA) is 282 Å². The number of hydrogen-bond donors (Lipinski definition) is 9. The number of nitrogens with one attached hydrogen (secondary N) is 4. The quantitative estimate of drug-likeness (QED) is 0.0993. The van der Waals surface area contributed by atoms with Gasteiger partial charge in [0.1, 0.15) is 24.5 Å². The number of H-pyrrole nitrogens is 2. The van der Waals surface area contributed by atoms with Gasteiger partial charge < -0.3 is 36.3 Å². The summed E-state index contributed by atoms with van der Waals surface area (Å²) in [6.07, 6.45) is -2.74. The third kappa shape index (κ3) is 4.30. The van der Waals surface area contributed by atoms with Crippen LogP contribution in [0, 0.1) is 0 Å². The molecule has 0 spiro atoms. The fraction of sp³-hybridized carbons (Fsp3) is 0.500. The zero-order valence-corrected chi connectivity index (χ0v) is 20.1. The molecule has 2 aliphatic heterocycles. The van der Waals surface area contributed by atoms with Crippen LogP contribution in [0.25, 0.3) is 22.3 Å². The number of rotatable bonds is 7. The van der Waals surface area contributed by atoms with Crippen LogP contribution in [0.2, 0.25) is 0 Å². The van der Waals surface area contributed by atoms with E-state index in [4.69, 9.17) is 20.9 Å². The Hall–Kier alpha value is -3.98. The molecule has 208 valence electrons. The van der Waals surface area contributed by atoms with E-state index in [1.807, 2.05) is 0 Å². The van der Waals surface area contributed by atoms with Gasteiger partial charge in [-0.05, 0) is 0 Å². The Labute approximate surface area is 216 Å². The van der Waals surface area contributed by atoms with Crippen molar-refractivity contribution in [3.8, 4) is 0 Å². The summed E-state index contributed by atoms with van der Waals surface area (Å²) in [4.78, 5) is 45.2. The van der Waals surface area contributed by atoms with Crippen LogP contribution < -0.4 is 33.4 Å². The summed E-state index contributed by atoms with van der Waals surface area (Å²) >= 11 is 0. The molecule has 6 heterocycles. The maximum atomic E-state index is 12.1. The number of hydrazine groups is 1. The summed E-state index contributed by atoms with van der Waals surface area (Å²) in [6, 6.07) is -0.396. The number of aliphatic hydroxyl groups excluding tert-OH is 3. The van der Waals surface area contributed by atoms with Gasteiger partial charge in [0.2, 0.25) is 11.9 Å². The van der Waals surface area contributed by atoms with Gasteiger partial charge in [-0.25, -0.2) is 9.97 Å². The van der Waals surface area contributed by atoms with Gasteiger partial charge in [0.05, 0.1) is 31.4 Å². The highest BCUT2D eigenvalue weighted by atomic mass is 16.6. The van der Waals surface area contributed by atoms with Crippen LogP contribution in [0.1, 0.15) is 18.9 Å². The second-order valence-corrected chi connectivity index (χ2v) is 9.28. The number of anilines is 2. The van der Waals surface area contributed by atoms with E-state index in [0.29, 0.717) is 6.42 Å². The minimum absolute atomic E-state index is 0.0109. The lowest BCUT2D eigenvalue weighted by molar-refractivity contribution is -0.0370. The molecular formula is C20H26N12O7. The van der Waals surface area contributed by atoms with Gasteiger partial charge in [-0.1, -0.05) is 0 Å². The number of nitrogens with two attached hydrogens (primary N) is 2. The lowest BCUT2D eigenvalue weighted by atomic mass is 10.1. The molecule has 0 amide bonds. The minimum Gasteiger partial charge on any atom is -0.394 e. The van der Waals surface area contributed by atoms with E-state index < -0.39 is 54.0 Å². The van der Waals surface area contributed by atoms with Crippen molar-refractivity contribution in [3.63, 3.8) is 0 Å². The SMILES string of the molecule is Nc1nc2c(ncn2[C@@H]2O[C@H](CNN[C@H]3C[C@H](n4cnc5c(=O)[nH]c(N)nc54)O[C@@H]3CO)[C@@H](O)[C@H]2O)c(=O)[nH]1. The molecular weight excluding hydrogens is 520 g/mol. The molecule has 0 aromatic carbocycles. The largest absolute Gasteiger partial charge is 0.394 e. The first-order chi connectivity index (χ1) is 18.7. The van der Waals surface area contributed by atoms with E-state index in [1.54, 1.807) is 4.57 Å². The van der Waals surface area contributed by atoms with Crippen LogP contribution in [0.3, 0.4) is 0 Å². The molecule has 0 bridgehead atoms. The number of aromatic amines is 2. The third-order valence-electron chi connectivity index (χ3n) is 6.83. The zero-order valence-electron chi connectivity index (χ0n) is 20.1. The standard InChI is InChI=1S/C20H26N12O7/c21-19-26-14-10(16(36)28-19)23-4-31(14)9-1-6(8(3-33)38-9)30-25-2-7-12(34)13(35)18(39-7)32-5-24-11-15(32)27-20(22)29-17(11)37/h4-9,12-13,18,25,30,33-35H,1-3H2,(H3,21,26,28,36)(H3,22,27,29,37)/t6-,7+,8+,9+,12+,13+,18+/m0/s1. The predicted molar refractivity (Wildman–Crippen MR) is 132 cm³/mol. The maximum Gasteiger partial charge on any atom is 0.280 e. The molecule has 2 saturated heterocycles. The molecule has 0 saturated carbocycles. The summed E-state index contributed by atoms with van der Waals surface area (Å²) in [7, 11) is 0. The number of ether oxygens (including phenoxy) is 2. The van der Waals surface area contributed by atoms with Crippen LogP contribution >= 0.6 is 0 Å². The second-order valence-electron chi connectivity index (χ2n) is 9.28. The number of nitrogen functional groups attached to an aromatic ring is 2. The first-order valence-corrected chi connectivity index (χ1v) is 12.0. The van der Waals surface area contributed by atoms with Crippen molar-refractivity contribution in [2.24, 2.45) is 0 Å². The van der Waals surface area contributed by atoms with Gasteiger partial charge in [-0.2, -0.15) is 9.97 Å². The molecule has 2 aliphatic rings. The highest BCUT2D eigenvalue weighted by molar-refractivity contribution is 5.71. The smallest absolute Gasteiger partial charge is 0.280 e. The number of fused-ring (bicyclic) bond motifs is 2. The molecule has 19 heteroatoms. The zero-order chi connectivity index (χ0) is 27.4. The van der Waals surface area contributed by atoms with Crippen LogP contribution in [0.5, 0.6) is 0 Å². The summed E-state index contributed by atoms with van der Waals surface area (Å²) in [6.45, 7) is -0.247. The monoisotopic (exact) mass is 546 g/mol. The molecule has 11 N–H and O–H groups in total. The highest BCUT2D eigenvalue weighted by Gasteiger charge is 2.44. The molecule has 19 nitrogen and oxygen atoms in total. The van der Waals surface area contributed by atoms with Crippen molar-refractivity contribution in [1.29, 1.82) is 0 Å². The molecule has 4 aromatic heterocycles. The molecule has 2 fully saturated rings. The van der Waals surface area contributed by atoms with Crippen molar-refractivity contribution in [3.05, 3.63) is 33.4 Å². The van der Waals surface area contributed by atoms with Crippen LogP contribution in [-0.2, 0) is 9.47 Å². The van der Waals surface area contributed by atoms with E-state index in [0.717, 1.165) is 0 Å². The second kappa shape index (κ2) is 9.64. The first kappa shape index (κ1) is 25.3. The van der Waals surface area contributed by atoms with Gasteiger partial charge >= 0.3 is 0 Å². The Kier molecular flexibility index (Phi) is 6.26. The lowest BCUT2D eigenvalue weighted by Gasteiger charge is -2.21. The van der Waals surface area contributed by atoms with E-state index in [2.05, 4.69) is 40.8 Å². The average Bonchev–Trinajstić information content (AvgIpc) is 3.66. The summed E-state index contributed by atoms with van der Waals surface area (Å²) < 4.78 is 14.7. The average molecular weight is 547 g/mol. The van der Waals surface area contributed by atoms with Crippen molar-refractivity contribution >= 4 is 34.2 Å². The third-order valence-corrected chi connectivity index (χ3v) is 6.83. The fourth-order valence-electron chi connectivity index (χ4n) is 4.92. The van der Waals surface area contributed by atoms with E-state index in [1.165, 1.54) is 17.2 Å². The highest BCUT2D eigenvalue weighted by Crippen LogP contribution is 2.32. The lowest BCUT2D eigenvalue weighted by Crippen LogP contribution is -2.50. The van der Waals surface area contributed by atoms with Crippen molar-refractivity contribution < 1.29 is 24.8 Å². The molecule has 39 heavy (non-hydrogen) atoms. The molecule has 6 rings (SSSR count). The van der Waals surface area contributed by atoms with Gasteiger partial charge in [-0.3, -0.25) is 39.5 Å². The van der Waals surface area contributed by atoms with Gasteiger partial charge in [-0.15, -0.1) is 0 Å². The Balaban J connectivity index is 1.12. The number of imidazole rings is 2. The fourth-order valence-corrected chi connectivity index (χ4v) is 4.92. The van der Waals surface area contributed by atoms with Crippen molar-refractivity contribution in [2.45, 2.75) is 49.3 Å². The molecule has 4 aromatic rings. The predicted octanol–water partition coefficient (Wildman–Crippen LogP) is -4.22. The Morgan fingerprint density at radius 1 is 0.949 bits per heavy atom. The Bertz CT molecular complexity index is 1630. The Morgan fingerprint density at radius 3 is 2.21 bits per heavy atom. The molecule has 0 aliphatic carbocycles. The number of aromatic nitrogens is 8. The van der Waals surface area contributed by atoms with Crippen LogP contribution in [-0.4, -0.2) is 98.0 Å². The van der Waals surface area contributed by atoms with E-state index in [-0.39, 0.29) is 47.4 Å². The number of aliphatic hydroxyl groups is 3. The first-order valence-electron chi connectivity index (χ1n) is 12.0. The van der Waals surface area contributed by atoms with Gasteiger partial charge in [0, 0.05) is 13.0 Å². The van der Waals surface area contributed by atoms with Crippen molar-refractivity contribution in [2.75, 3.05) is 24.6 Å². The number of nitrogens with zero attached hydrogens (tertiary/aromatic N) is 6. The Morgan fingerprint density at radius 2 is 1.56 bits per heavy atom. The molecule has 0 radical (unpaired) electrons. The normalized spacial score (nSPS) is 29.2. The van der Waals surface area contributed by atoms with E-state index in [9.17, 15) is 24.9 Å². The minimum atomic E-state index is -1.35. The van der Waals surface area contributed by atoms with Gasteiger partial charge in [0.25, 0.3) is 11.1 Å². The maximum absolute atomic E-state index is 12.1.